The zero-order chi connectivity index (χ0) is 15.3. The van der Waals surface area contributed by atoms with E-state index in [2.05, 4.69) is 10.6 Å². The van der Waals surface area contributed by atoms with Crippen LogP contribution in [-0.2, 0) is 9.59 Å². The van der Waals surface area contributed by atoms with Gasteiger partial charge in [-0.05, 0) is 18.8 Å². The lowest BCUT2D eigenvalue weighted by Gasteiger charge is -2.16. The van der Waals surface area contributed by atoms with E-state index in [0.29, 0.717) is 25.9 Å². The van der Waals surface area contributed by atoms with Gasteiger partial charge in [-0.3, -0.25) is 9.59 Å². The SMILES string of the molecule is CC1C[C@H](C(=O)NCCNC(=O)N(C)C)[C@H](C(=O)O)C1. The molecule has 0 heterocycles. The Morgan fingerprint density at radius 2 is 1.65 bits per heavy atom. The van der Waals surface area contributed by atoms with Crippen molar-refractivity contribution in [1.82, 2.24) is 15.5 Å². The van der Waals surface area contributed by atoms with Crippen LogP contribution < -0.4 is 10.6 Å². The first-order chi connectivity index (χ1) is 9.32. The van der Waals surface area contributed by atoms with Crippen LogP contribution in [0.15, 0.2) is 0 Å². The number of carboxylic acid groups (broad SMARTS) is 1. The summed E-state index contributed by atoms with van der Waals surface area (Å²) >= 11 is 0. The number of hydrogen-bond acceptors (Lipinski definition) is 3. The van der Waals surface area contributed by atoms with Crippen LogP contribution in [0, 0.1) is 17.8 Å². The molecule has 0 radical (unpaired) electrons. The summed E-state index contributed by atoms with van der Waals surface area (Å²) in [4.78, 5) is 35.8. The highest BCUT2D eigenvalue weighted by Gasteiger charge is 2.40. The first kappa shape index (κ1) is 16.3. The number of rotatable bonds is 5. The van der Waals surface area contributed by atoms with Crippen LogP contribution in [0.5, 0.6) is 0 Å². The lowest BCUT2D eigenvalue weighted by Crippen LogP contribution is -2.42. The highest BCUT2D eigenvalue weighted by molar-refractivity contribution is 5.85. The minimum atomic E-state index is -0.907. The number of urea groups is 1. The van der Waals surface area contributed by atoms with Crippen molar-refractivity contribution in [3.63, 3.8) is 0 Å². The molecule has 0 aromatic heterocycles. The van der Waals surface area contributed by atoms with Crippen LogP contribution >= 0.6 is 0 Å². The molecule has 1 fully saturated rings. The molecule has 0 aliphatic heterocycles. The van der Waals surface area contributed by atoms with Crippen molar-refractivity contribution in [2.45, 2.75) is 19.8 Å². The molecule has 0 bridgehead atoms. The highest BCUT2D eigenvalue weighted by atomic mass is 16.4. The van der Waals surface area contributed by atoms with Crippen LogP contribution in [0.3, 0.4) is 0 Å². The van der Waals surface area contributed by atoms with Crippen molar-refractivity contribution < 1.29 is 19.5 Å². The Kier molecular flexibility index (Phi) is 5.79. The Morgan fingerprint density at radius 3 is 2.20 bits per heavy atom. The van der Waals surface area contributed by atoms with E-state index >= 15 is 0 Å². The van der Waals surface area contributed by atoms with E-state index in [1.165, 1.54) is 4.90 Å². The third kappa shape index (κ3) is 4.40. The molecule has 3 N–H and O–H groups in total. The van der Waals surface area contributed by atoms with Crippen LogP contribution in [0.1, 0.15) is 19.8 Å². The molecule has 0 saturated heterocycles. The highest BCUT2D eigenvalue weighted by Crippen LogP contribution is 2.36. The maximum atomic E-state index is 12.0. The van der Waals surface area contributed by atoms with Gasteiger partial charge < -0.3 is 20.6 Å². The maximum Gasteiger partial charge on any atom is 0.316 e. The molecule has 3 atom stereocenters. The molecule has 0 aromatic rings. The number of carbonyl (C=O) groups excluding carboxylic acids is 2. The van der Waals surface area contributed by atoms with Crippen molar-refractivity contribution >= 4 is 17.9 Å². The van der Waals surface area contributed by atoms with Crippen molar-refractivity contribution in [3.05, 3.63) is 0 Å². The van der Waals surface area contributed by atoms with E-state index in [-0.39, 0.29) is 17.9 Å². The number of carbonyl (C=O) groups is 3. The summed E-state index contributed by atoms with van der Waals surface area (Å²) in [5, 5.41) is 14.4. The predicted octanol–water partition coefficient (Wildman–Crippen LogP) is 0.121. The summed E-state index contributed by atoms with van der Waals surface area (Å²) < 4.78 is 0. The quantitative estimate of drug-likeness (QED) is 0.625. The Morgan fingerprint density at radius 1 is 1.10 bits per heavy atom. The molecule has 7 nitrogen and oxygen atoms in total. The monoisotopic (exact) mass is 285 g/mol. The summed E-state index contributed by atoms with van der Waals surface area (Å²) in [6, 6.07) is -0.225. The average Bonchev–Trinajstić information content (AvgIpc) is 2.76. The fourth-order valence-corrected chi connectivity index (χ4v) is 2.50. The molecular weight excluding hydrogens is 262 g/mol. The number of nitrogens with zero attached hydrogens (tertiary/aromatic N) is 1. The minimum absolute atomic E-state index is 0.225. The average molecular weight is 285 g/mol. The molecule has 114 valence electrons. The molecule has 1 rings (SSSR count). The summed E-state index contributed by atoms with van der Waals surface area (Å²) in [5.41, 5.74) is 0. The van der Waals surface area contributed by atoms with Gasteiger partial charge in [0.15, 0.2) is 0 Å². The molecule has 0 spiro atoms. The van der Waals surface area contributed by atoms with E-state index in [1.807, 2.05) is 6.92 Å². The molecule has 7 heteroatoms. The summed E-state index contributed by atoms with van der Waals surface area (Å²) in [6.45, 7) is 2.58. The van der Waals surface area contributed by atoms with Gasteiger partial charge in [-0.25, -0.2) is 4.79 Å². The first-order valence-electron chi connectivity index (χ1n) is 6.78. The zero-order valence-electron chi connectivity index (χ0n) is 12.2. The van der Waals surface area contributed by atoms with Crippen LogP contribution in [0.2, 0.25) is 0 Å². The van der Waals surface area contributed by atoms with Crippen LogP contribution in [0.25, 0.3) is 0 Å². The van der Waals surface area contributed by atoms with Crippen molar-refractivity contribution in [2.75, 3.05) is 27.2 Å². The van der Waals surface area contributed by atoms with Gasteiger partial charge in [0.1, 0.15) is 0 Å². The van der Waals surface area contributed by atoms with Gasteiger partial charge in [-0.2, -0.15) is 0 Å². The van der Waals surface area contributed by atoms with Gasteiger partial charge in [0.25, 0.3) is 0 Å². The van der Waals surface area contributed by atoms with Crippen LogP contribution in [-0.4, -0.2) is 55.1 Å². The van der Waals surface area contributed by atoms with Gasteiger partial charge in [-0.1, -0.05) is 6.92 Å². The molecule has 1 aliphatic carbocycles. The number of amides is 3. The van der Waals surface area contributed by atoms with Gasteiger partial charge in [0.2, 0.25) is 5.91 Å². The number of carboxylic acids is 1. The normalized spacial score (nSPS) is 25.1. The Hall–Kier alpha value is -1.79. The standard InChI is InChI=1S/C13H23N3O4/c1-8-6-9(10(7-8)12(18)19)11(17)14-4-5-15-13(20)16(2)3/h8-10H,4-7H2,1-3H3,(H,14,17)(H,15,20)(H,18,19)/t8?,9-,10+/m0/s1. The van der Waals surface area contributed by atoms with Crippen molar-refractivity contribution in [3.8, 4) is 0 Å². The van der Waals surface area contributed by atoms with Crippen molar-refractivity contribution in [2.24, 2.45) is 17.8 Å². The van der Waals surface area contributed by atoms with Crippen LogP contribution in [0.4, 0.5) is 4.79 Å². The van der Waals surface area contributed by atoms with E-state index in [0.717, 1.165) is 0 Å². The van der Waals surface area contributed by atoms with Gasteiger partial charge in [-0.15, -0.1) is 0 Å². The first-order valence-corrected chi connectivity index (χ1v) is 6.78. The molecule has 1 unspecified atom stereocenters. The van der Waals surface area contributed by atoms with E-state index in [4.69, 9.17) is 5.11 Å². The number of hydrogen-bond donors (Lipinski definition) is 3. The van der Waals surface area contributed by atoms with E-state index < -0.39 is 17.8 Å². The molecule has 1 aliphatic rings. The van der Waals surface area contributed by atoms with E-state index in [1.54, 1.807) is 14.1 Å². The fraction of sp³-hybridized carbons (Fsp3) is 0.769. The molecular formula is C13H23N3O4. The summed E-state index contributed by atoms with van der Waals surface area (Å²) in [7, 11) is 3.26. The minimum Gasteiger partial charge on any atom is -0.481 e. The molecule has 3 amide bonds. The smallest absolute Gasteiger partial charge is 0.316 e. The largest absolute Gasteiger partial charge is 0.481 e. The number of nitrogens with one attached hydrogen (secondary N) is 2. The summed E-state index contributed by atoms with van der Waals surface area (Å²) in [5.74, 6) is -1.95. The Labute approximate surface area is 118 Å². The maximum absolute atomic E-state index is 12.0. The van der Waals surface area contributed by atoms with E-state index in [9.17, 15) is 14.4 Å². The topological polar surface area (TPSA) is 98.7 Å². The zero-order valence-corrected chi connectivity index (χ0v) is 12.2. The third-order valence-electron chi connectivity index (χ3n) is 3.56. The molecule has 20 heavy (non-hydrogen) atoms. The van der Waals surface area contributed by atoms with Gasteiger partial charge in [0.05, 0.1) is 11.8 Å². The fourth-order valence-electron chi connectivity index (χ4n) is 2.50. The predicted molar refractivity (Wildman–Crippen MR) is 73.1 cm³/mol. The molecule has 0 aromatic carbocycles. The third-order valence-corrected chi connectivity index (χ3v) is 3.56. The Bertz CT molecular complexity index is 384. The summed E-state index contributed by atoms with van der Waals surface area (Å²) in [6.07, 6.45) is 1.15. The second-order valence-corrected chi connectivity index (χ2v) is 5.55. The Balaban J connectivity index is 2.35. The molecule has 1 saturated carbocycles. The lowest BCUT2D eigenvalue weighted by molar-refractivity contribution is -0.146. The lowest BCUT2D eigenvalue weighted by atomic mass is 9.95. The van der Waals surface area contributed by atoms with Gasteiger partial charge in [0, 0.05) is 27.2 Å². The van der Waals surface area contributed by atoms with Crippen molar-refractivity contribution in [1.29, 1.82) is 0 Å². The number of aliphatic carboxylic acids is 1. The van der Waals surface area contributed by atoms with Gasteiger partial charge >= 0.3 is 12.0 Å². The second-order valence-electron chi connectivity index (χ2n) is 5.55. The second kappa shape index (κ2) is 7.12.